The van der Waals surface area contributed by atoms with Gasteiger partial charge in [-0.05, 0) is 72.1 Å². The third-order valence-electron chi connectivity index (χ3n) is 4.58. The Balaban J connectivity index is 2.43. The quantitative estimate of drug-likeness (QED) is 0.777. The maximum absolute atomic E-state index is 10.1. The van der Waals surface area contributed by atoms with Crippen molar-refractivity contribution in [1.82, 2.24) is 0 Å². The van der Waals surface area contributed by atoms with E-state index in [0.717, 1.165) is 12.8 Å². The van der Waals surface area contributed by atoms with Crippen LogP contribution in [0.4, 0.5) is 0 Å². The molecule has 1 atom stereocenters. The fourth-order valence-electron chi connectivity index (χ4n) is 3.59. The fourth-order valence-corrected chi connectivity index (χ4v) is 3.59. The molecule has 1 aliphatic carbocycles. The van der Waals surface area contributed by atoms with Crippen LogP contribution in [0.1, 0.15) is 76.5 Å². The van der Waals surface area contributed by atoms with Crippen molar-refractivity contribution in [3.63, 3.8) is 0 Å². The summed E-state index contributed by atoms with van der Waals surface area (Å²) in [5.74, 6) is 1.76. The molecule has 0 spiro atoms. The summed E-state index contributed by atoms with van der Waals surface area (Å²) in [7, 11) is 0. The highest BCUT2D eigenvalue weighted by Crippen LogP contribution is 2.41. The molecule has 2 rings (SSSR count). The van der Waals surface area contributed by atoms with Gasteiger partial charge in [-0.15, -0.1) is 0 Å². The van der Waals surface area contributed by atoms with Crippen molar-refractivity contribution < 1.29 is 5.11 Å². The molecule has 1 aliphatic rings. The summed E-state index contributed by atoms with van der Waals surface area (Å²) in [5, 5.41) is 10.1. The number of hydrogen-bond acceptors (Lipinski definition) is 1. The molecule has 1 nitrogen and oxygen atoms in total. The van der Waals surface area contributed by atoms with Gasteiger partial charge in [0.1, 0.15) is 5.75 Å². The van der Waals surface area contributed by atoms with E-state index in [4.69, 9.17) is 0 Å². The van der Waals surface area contributed by atoms with E-state index in [1.54, 1.807) is 0 Å². The molecule has 0 heterocycles. The average molecular weight is 274 g/mol. The Kier molecular flexibility index (Phi) is 4.46. The van der Waals surface area contributed by atoms with Gasteiger partial charge in [0.15, 0.2) is 0 Å². The lowest BCUT2D eigenvalue weighted by Gasteiger charge is -2.32. The van der Waals surface area contributed by atoms with Gasteiger partial charge in [0.2, 0.25) is 0 Å². The molecule has 0 fully saturated rings. The van der Waals surface area contributed by atoms with E-state index in [1.165, 1.54) is 36.0 Å². The molecule has 0 radical (unpaired) electrons. The maximum Gasteiger partial charge on any atom is 0.119 e. The summed E-state index contributed by atoms with van der Waals surface area (Å²) in [6.07, 6.45) is 5.89. The largest absolute Gasteiger partial charge is 0.508 e. The van der Waals surface area contributed by atoms with E-state index in [9.17, 15) is 5.11 Å². The predicted molar refractivity (Wildman–Crippen MR) is 86.4 cm³/mol. The lowest BCUT2D eigenvalue weighted by molar-refractivity contribution is 0.299. The van der Waals surface area contributed by atoms with Crippen LogP contribution in [0.5, 0.6) is 5.75 Å². The van der Waals surface area contributed by atoms with Gasteiger partial charge in [0.25, 0.3) is 0 Å². The number of hydrogen-bond donors (Lipinski definition) is 1. The van der Waals surface area contributed by atoms with Gasteiger partial charge in [-0.1, -0.05) is 40.7 Å². The normalized spacial score (nSPS) is 17.1. The zero-order chi connectivity index (χ0) is 14.9. The Morgan fingerprint density at radius 2 is 1.65 bits per heavy atom. The summed E-state index contributed by atoms with van der Waals surface area (Å²) in [5.41, 5.74) is 4.53. The highest BCUT2D eigenvalue weighted by atomic mass is 16.3. The highest BCUT2D eigenvalue weighted by molar-refractivity contribution is 5.47. The Morgan fingerprint density at radius 3 is 2.20 bits per heavy atom. The Bertz CT molecular complexity index is 465. The molecule has 1 aromatic carbocycles. The number of phenolic OH excluding ortho intramolecular Hbond substituents is 1. The van der Waals surface area contributed by atoms with Gasteiger partial charge in [-0.25, -0.2) is 0 Å². The number of benzene rings is 1. The van der Waals surface area contributed by atoms with Crippen molar-refractivity contribution in [3.05, 3.63) is 28.8 Å². The van der Waals surface area contributed by atoms with Crippen molar-refractivity contribution in [3.8, 4) is 5.75 Å². The zero-order valence-electron chi connectivity index (χ0n) is 13.8. The van der Waals surface area contributed by atoms with Crippen LogP contribution in [0.25, 0.3) is 0 Å². The van der Waals surface area contributed by atoms with Crippen molar-refractivity contribution >= 4 is 0 Å². The second-order valence-electron chi connectivity index (χ2n) is 7.95. The van der Waals surface area contributed by atoms with E-state index in [-0.39, 0.29) is 0 Å². The highest BCUT2D eigenvalue weighted by Gasteiger charge is 2.27. The van der Waals surface area contributed by atoms with Crippen molar-refractivity contribution in [2.24, 2.45) is 11.3 Å². The third kappa shape index (κ3) is 3.37. The molecule has 0 bridgehead atoms. The van der Waals surface area contributed by atoms with Crippen molar-refractivity contribution in [2.45, 2.75) is 72.6 Å². The molecule has 1 N–H and O–H groups in total. The van der Waals surface area contributed by atoms with Crippen LogP contribution in [0.15, 0.2) is 12.1 Å². The smallest absolute Gasteiger partial charge is 0.119 e. The molecule has 0 amide bonds. The van der Waals surface area contributed by atoms with Crippen molar-refractivity contribution in [1.29, 1.82) is 0 Å². The first-order valence-electron chi connectivity index (χ1n) is 8.13. The number of phenols is 1. The van der Waals surface area contributed by atoms with E-state index in [2.05, 4.69) is 40.7 Å². The first kappa shape index (κ1) is 15.4. The minimum absolute atomic E-state index is 0.342. The first-order valence-corrected chi connectivity index (χ1v) is 8.13. The molecule has 1 unspecified atom stereocenters. The zero-order valence-corrected chi connectivity index (χ0v) is 13.8. The van der Waals surface area contributed by atoms with Crippen LogP contribution in [-0.2, 0) is 12.8 Å². The minimum Gasteiger partial charge on any atom is -0.508 e. The Morgan fingerprint density at radius 1 is 1.05 bits per heavy atom. The average Bonchev–Trinajstić information content (AvgIpc) is 2.36. The predicted octanol–water partition coefficient (Wildman–Crippen LogP) is 5.45. The summed E-state index contributed by atoms with van der Waals surface area (Å²) < 4.78 is 0. The minimum atomic E-state index is 0.342. The number of rotatable bonds is 3. The maximum atomic E-state index is 10.1. The monoisotopic (exact) mass is 274 g/mol. The van der Waals surface area contributed by atoms with Gasteiger partial charge in [-0.3, -0.25) is 0 Å². The Hall–Kier alpha value is -0.980. The lowest BCUT2D eigenvalue weighted by Crippen LogP contribution is -2.19. The van der Waals surface area contributed by atoms with Gasteiger partial charge >= 0.3 is 0 Å². The molecule has 0 aliphatic heterocycles. The number of aromatic hydroxyl groups is 1. The molecule has 112 valence electrons. The molecule has 20 heavy (non-hydrogen) atoms. The lowest BCUT2D eigenvalue weighted by atomic mass is 9.73. The summed E-state index contributed by atoms with van der Waals surface area (Å²) >= 11 is 0. The van der Waals surface area contributed by atoms with Gasteiger partial charge in [-0.2, -0.15) is 0 Å². The van der Waals surface area contributed by atoms with Crippen LogP contribution in [0.2, 0.25) is 0 Å². The molecule has 1 aromatic rings. The second-order valence-corrected chi connectivity index (χ2v) is 7.95. The molecule has 0 aromatic heterocycles. The number of fused-ring (bicyclic) bond motifs is 1. The van der Waals surface area contributed by atoms with E-state index in [1.807, 2.05) is 6.07 Å². The molecule has 1 heteroatoms. The summed E-state index contributed by atoms with van der Waals surface area (Å²) in [6, 6.07) is 4.12. The molecular formula is C19H30O. The SMILES string of the molecule is CC(C)C(CC(C)(C)C)c1ccc(O)c2c1CCCC2. The summed E-state index contributed by atoms with van der Waals surface area (Å²) in [6.45, 7) is 11.6. The third-order valence-corrected chi connectivity index (χ3v) is 4.58. The second kappa shape index (κ2) is 5.79. The van der Waals surface area contributed by atoms with Gasteiger partial charge in [0, 0.05) is 0 Å². The van der Waals surface area contributed by atoms with Crippen LogP contribution < -0.4 is 0 Å². The molecular weight excluding hydrogens is 244 g/mol. The molecule has 0 saturated heterocycles. The van der Waals surface area contributed by atoms with Crippen LogP contribution in [0.3, 0.4) is 0 Å². The Labute approximate surface area is 124 Å². The van der Waals surface area contributed by atoms with Crippen LogP contribution in [-0.4, -0.2) is 5.11 Å². The summed E-state index contributed by atoms with van der Waals surface area (Å²) in [4.78, 5) is 0. The van der Waals surface area contributed by atoms with Crippen LogP contribution >= 0.6 is 0 Å². The standard InChI is InChI=1S/C19H30O/c1-13(2)17(12-19(3,4)5)15-10-11-18(20)16-9-7-6-8-14(15)16/h10-11,13,17,20H,6-9,12H2,1-5H3. The van der Waals surface area contributed by atoms with E-state index in [0.29, 0.717) is 23.0 Å². The van der Waals surface area contributed by atoms with E-state index < -0.39 is 0 Å². The van der Waals surface area contributed by atoms with Crippen LogP contribution in [0, 0.1) is 11.3 Å². The molecule has 0 saturated carbocycles. The van der Waals surface area contributed by atoms with Gasteiger partial charge in [0.05, 0.1) is 0 Å². The first-order chi connectivity index (χ1) is 9.29. The van der Waals surface area contributed by atoms with E-state index >= 15 is 0 Å². The van der Waals surface area contributed by atoms with Crippen molar-refractivity contribution in [2.75, 3.05) is 0 Å². The van der Waals surface area contributed by atoms with Gasteiger partial charge < -0.3 is 5.11 Å². The topological polar surface area (TPSA) is 20.2 Å². The fraction of sp³-hybridized carbons (Fsp3) is 0.684.